The summed E-state index contributed by atoms with van der Waals surface area (Å²) in [7, 11) is 0. The molecule has 0 saturated carbocycles. The van der Waals surface area contributed by atoms with E-state index in [1.807, 2.05) is 0 Å². The van der Waals surface area contributed by atoms with Crippen molar-refractivity contribution in [2.45, 2.75) is 6.42 Å². The molecule has 0 fully saturated rings. The van der Waals surface area contributed by atoms with E-state index in [-0.39, 0.29) is 24.0 Å². The lowest BCUT2D eigenvalue weighted by Gasteiger charge is -2.20. The molecular weight excluding hydrogens is 396 g/mol. The first-order valence-electron chi connectivity index (χ1n) is 8.91. The van der Waals surface area contributed by atoms with Gasteiger partial charge < -0.3 is 24.5 Å². The van der Waals surface area contributed by atoms with Gasteiger partial charge in [-0.15, -0.1) is 0 Å². The molecule has 8 heteroatoms. The average Bonchev–Trinajstić information content (AvgIpc) is 3.24. The number of hydrogen-bond acceptors (Lipinski definition) is 5. The molecule has 1 aromatic heterocycles. The van der Waals surface area contributed by atoms with E-state index in [9.17, 15) is 9.59 Å². The summed E-state index contributed by atoms with van der Waals surface area (Å²) >= 11 is 6.21. The van der Waals surface area contributed by atoms with Gasteiger partial charge in [0.25, 0.3) is 5.91 Å². The minimum Gasteiger partial charge on any atom is -0.486 e. The fraction of sp³-hybridized carbons (Fsp3) is 0.143. The van der Waals surface area contributed by atoms with E-state index in [1.165, 1.54) is 6.26 Å². The number of furan rings is 1. The lowest BCUT2D eigenvalue weighted by Crippen LogP contribution is -2.17. The predicted octanol–water partition coefficient (Wildman–Crippen LogP) is 4.14. The number of rotatable bonds is 5. The van der Waals surface area contributed by atoms with E-state index >= 15 is 0 Å². The Morgan fingerprint density at radius 3 is 2.41 bits per heavy atom. The summed E-state index contributed by atoms with van der Waals surface area (Å²) in [4.78, 5) is 24.3. The van der Waals surface area contributed by atoms with Gasteiger partial charge in [-0.3, -0.25) is 9.59 Å². The Morgan fingerprint density at radius 1 is 0.966 bits per heavy atom. The third-order valence-electron chi connectivity index (χ3n) is 4.19. The van der Waals surface area contributed by atoms with Gasteiger partial charge in [0, 0.05) is 11.4 Å². The Kier molecular flexibility index (Phi) is 5.39. The van der Waals surface area contributed by atoms with E-state index in [0.717, 1.165) is 5.56 Å². The molecule has 2 heterocycles. The number of carbonyl (C=O) groups excluding carboxylic acids is 2. The number of hydrogen-bond donors (Lipinski definition) is 2. The highest BCUT2D eigenvalue weighted by Gasteiger charge is 2.18. The highest BCUT2D eigenvalue weighted by Crippen LogP contribution is 2.38. The molecule has 0 saturated heterocycles. The zero-order chi connectivity index (χ0) is 20.2. The maximum Gasteiger partial charge on any atom is 0.291 e. The van der Waals surface area contributed by atoms with Crippen LogP contribution in [0.3, 0.4) is 0 Å². The van der Waals surface area contributed by atoms with E-state index in [0.29, 0.717) is 41.1 Å². The lowest BCUT2D eigenvalue weighted by atomic mass is 10.1. The summed E-state index contributed by atoms with van der Waals surface area (Å²) in [5, 5.41) is 5.94. The lowest BCUT2D eigenvalue weighted by molar-refractivity contribution is -0.115. The summed E-state index contributed by atoms with van der Waals surface area (Å²) in [6, 6.07) is 13.5. The van der Waals surface area contributed by atoms with Crippen molar-refractivity contribution in [3.05, 3.63) is 71.1 Å². The zero-order valence-electron chi connectivity index (χ0n) is 15.2. The van der Waals surface area contributed by atoms with Gasteiger partial charge in [-0.05, 0) is 54.1 Å². The molecule has 0 atom stereocenters. The number of amides is 2. The summed E-state index contributed by atoms with van der Waals surface area (Å²) in [6.45, 7) is 0.895. The first-order chi connectivity index (χ1) is 14.1. The highest BCUT2D eigenvalue weighted by molar-refractivity contribution is 6.32. The SMILES string of the molecule is O=C(Cc1cc(Cl)c2c(c1)OCCO2)Nc1ccc(NC(=O)c2ccco2)cc1. The van der Waals surface area contributed by atoms with Gasteiger partial charge in [-0.2, -0.15) is 0 Å². The number of ether oxygens (including phenoxy) is 2. The molecule has 0 spiro atoms. The van der Waals surface area contributed by atoms with Gasteiger partial charge in [0.05, 0.1) is 17.7 Å². The smallest absolute Gasteiger partial charge is 0.291 e. The van der Waals surface area contributed by atoms with Crippen LogP contribution in [0.5, 0.6) is 11.5 Å². The molecule has 2 N–H and O–H groups in total. The number of fused-ring (bicyclic) bond motifs is 1. The fourth-order valence-corrected chi connectivity index (χ4v) is 3.18. The summed E-state index contributed by atoms with van der Waals surface area (Å²) in [5.41, 5.74) is 1.91. The molecular formula is C21H17ClN2O5. The predicted molar refractivity (Wildman–Crippen MR) is 108 cm³/mol. The van der Waals surface area contributed by atoms with Gasteiger partial charge in [-0.25, -0.2) is 0 Å². The van der Waals surface area contributed by atoms with Crippen LogP contribution >= 0.6 is 11.6 Å². The van der Waals surface area contributed by atoms with Crippen LogP contribution in [0.1, 0.15) is 16.1 Å². The topological polar surface area (TPSA) is 89.8 Å². The van der Waals surface area contributed by atoms with Crippen LogP contribution in [0, 0.1) is 0 Å². The van der Waals surface area contributed by atoms with Crippen LogP contribution < -0.4 is 20.1 Å². The van der Waals surface area contributed by atoms with Crippen molar-refractivity contribution in [2.75, 3.05) is 23.8 Å². The van der Waals surface area contributed by atoms with Gasteiger partial charge in [-0.1, -0.05) is 11.6 Å². The maximum atomic E-state index is 12.4. The van der Waals surface area contributed by atoms with Crippen molar-refractivity contribution in [2.24, 2.45) is 0 Å². The Labute approximate surface area is 171 Å². The normalized spacial score (nSPS) is 12.3. The van der Waals surface area contributed by atoms with Gasteiger partial charge in [0.15, 0.2) is 17.3 Å². The van der Waals surface area contributed by atoms with Gasteiger partial charge >= 0.3 is 0 Å². The van der Waals surface area contributed by atoms with Gasteiger partial charge in [0.1, 0.15) is 13.2 Å². The van der Waals surface area contributed by atoms with Crippen molar-refractivity contribution in [3.8, 4) is 11.5 Å². The standard InChI is InChI=1S/C21H17ClN2O5/c22-16-10-13(11-18-20(16)29-9-8-28-18)12-19(25)23-14-3-5-15(6-4-14)24-21(26)17-2-1-7-27-17/h1-7,10-11H,8-9,12H2,(H,23,25)(H,24,26). The van der Waals surface area contributed by atoms with Crippen LogP contribution in [0.4, 0.5) is 11.4 Å². The molecule has 29 heavy (non-hydrogen) atoms. The van der Waals surface area contributed by atoms with Crippen LogP contribution in [-0.2, 0) is 11.2 Å². The molecule has 148 valence electrons. The minimum absolute atomic E-state index is 0.132. The quantitative estimate of drug-likeness (QED) is 0.657. The van der Waals surface area contributed by atoms with E-state index in [2.05, 4.69) is 10.6 Å². The van der Waals surface area contributed by atoms with E-state index in [1.54, 1.807) is 48.5 Å². The van der Waals surface area contributed by atoms with Crippen molar-refractivity contribution < 1.29 is 23.5 Å². The van der Waals surface area contributed by atoms with Crippen LogP contribution in [0.15, 0.2) is 59.2 Å². The van der Waals surface area contributed by atoms with Crippen molar-refractivity contribution >= 4 is 34.8 Å². The third-order valence-corrected chi connectivity index (χ3v) is 4.47. The van der Waals surface area contributed by atoms with E-state index in [4.69, 9.17) is 25.5 Å². The van der Waals surface area contributed by atoms with Crippen LogP contribution in [0.2, 0.25) is 5.02 Å². The second-order valence-corrected chi connectivity index (χ2v) is 6.74. The second kappa shape index (κ2) is 8.28. The van der Waals surface area contributed by atoms with E-state index < -0.39 is 0 Å². The first-order valence-corrected chi connectivity index (χ1v) is 9.29. The molecule has 1 aliphatic rings. The Morgan fingerprint density at radius 2 is 1.69 bits per heavy atom. The molecule has 0 unspecified atom stereocenters. The number of carbonyl (C=O) groups is 2. The molecule has 7 nitrogen and oxygen atoms in total. The molecule has 0 bridgehead atoms. The molecule has 4 rings (SSSR count). The second-order valence-electron chi connectivity index (χ2n) is 6.34. The van der Waals surface area contributed by atoms with Crippen LogP contribution in [0.25, 0.3) is 0 Å². The van der Waals surface area contributed by atoms with Crippen molar-refractivity contribution in [1.29, 1.82) is 0 Å². The Hall–Kier alpha value is -3.45. The highest BCUT2D eigenvalue weighted by atomic mass is 35.5. The molecule has 0 radical (unpaired) electrons. The summed E-state index contributed by atoms with van der Waals surface area (Å²) in [6.07, 6.45) is 1.57. The maximum absolute atomic E-state index is 12.4. The fourth-order valence-electron chi connectivity index (χ4n) is 2.89. The molecule has 2 amide bonds. The molecule has 1 aliphatic heterocycles. The first kappa shape index (κ1) is 18.9. The zero-order valence-corrected chi connectivity index (χ0v) is 16.0. The Balaban J connectivity index is 1.36. The molecule has 3 aromatic rings. The minimum atomic E-state index is -0.345. The molecule has 0 aliphatic carbocycles. The third kappa shape index (κ3) is 4.52. The number of benzene rings is 2. The van der Waals surface area contributed by atoms with Gasteiger partial charge in [0.2, 0.25) is 5.91 Å². The number of halogens is 1. The van der Waals surface area contributed by atoms with Crippen molar-refractivity contribution in [3.63, 3.8) is 0 Å². The number of anilines is 2. The van der Waals surface area contributed by atoms with Crippen molar-refractivity contribution in [1.82, 2.24) is 0 Å². The van der Waals surface area contributed by atoms with Crippen LogP contribution in [-0.4, -0.2) is 25.0 Å². The average molecular weight is 413 g/mol. The summed E-state index contributed by atoms with van der Waals surface area (Å²) in [5.74, 6) is 0.727. The molecule has 2 aromatic carbocycles. The Bertz CT molecular complexity index is 1030. The summed E-state index contributed by atoms with van der Waals surface area (Å²) < 4.78 is 16.1. The monoisotopic (exact) mass is 412 g/mol. The largest absolute Gasteiger partial charge is 0.486 e. The number of nitrogens with one attached hydrogen (secondary N) is 2.